The van der Waals surface area contributed by atoms with Crippen molar-refractivity contribution in [2.75, 3.05) is 19.6 Å². The van der Waals surface area contributed by atoms with Crippen LogP contribution >= 0.6 is 0 Å². The average molecular weight is 186 g/mol. The van der Waals surface area contributed by atoms with Gasteiger partial charge in [0.2, 0.25) is 6.04 Å². The third-order valence-corrected chi connectivity index (χ3v) is 2.69. The topological polar surface area (TPSA) is 46.4 Å². The predicted octanol–water partition coefficient (Wildman–Crippen LogP) is 1.53. The first-order valence-corrected chi connectivity index (χ1v) is 5.10. The van der Waals surface area contributed by atoms with E-state index < -0.39 is 0 Å². The molecule has 1 fully saturated rings. The molecular formula is C9H18N2O2. The van der Waals surface area contributed by atoms with E-state index in [0.29, 0.717) is 13.0 Å². The van der Waals surface area contributed by atoms with E-state index in [9.17, 15) is 10.1 Å². The van der Waals surface area contributed by atoms with Crippen molar-refractivity contribution in [3.63, 3.8) is 0 Å². The van der Waals surface area contributed by atoms with E-state index in [4.69, 9.17) is 0 Å². The van der Waals surface area contributed by atoms with Crippen molar-refractivity contribution in [2.24, 2.45) is 0 Å². The lowest BCUT2D eigenvalue weighted by Crippen LogP contribution is -2.39. The fourth-order valence-corrected chi connectivity index (χ4v) is 1.78. The minimum absolute atomic E-state index is 0.144. The molecule has 0 spiro atoms. The molecule has 0 aromatic rings. The summed E-state index contributed by atoms with van der Waals surface area (Å²) in [6, 6.07) is -0.363. The van der Waals surface area contributed by atoms with Crippen LogP contribution in [-0.4, -0.2) is 35.5 Å². The fourth-order valence-electron chi connectivity index (χ4n) is 1.78. The number of hydrogen-bond donors (Lipinski definition) is 0. The van der Waals surface area contributed by atoms with Gasteiger partial charge in [-0.25, -0.2) is 0 Å². The van der Waals surface area contributed by atoms with E-state index in [0.717, 1.165) is 13.1 Å². The molecule has 0 aromatic heterocycles. The zero-order chi connectivity index (χ0) is 9.68. The van der Waals surface area contributed by atoms with Gasteiger partial charge in [-0.15, -0.1) is 0 Å². The lowest BCUT2D eigenvalue weighted by atomic mass is 10.1. The molecule has 1 atom stereocenters. The first kappa shape index (κ1) is 10.4. The summed E-state index contributed by atoms with van der Waals surface area (Å²) in [6.07, 6.45) is 4.33. The van der Waals surface area contributed by atoms with Crippen LogP contribution in [0.4, 0.5) is 0 Å². The monoisotopic (exact) mass is 186 g/mol. The van der Waals surface area contributed by atoms with Crippen molar-refractivity contribution in [1.29, 1.82) is 0 Å². The Balaban J connectivity index is 2.31. The van der Waals surface area contributed by atoms with E-state index in [1.165, 1.54) is 19.3 Å². The lowest BCUT2D eigenvalue weighted by molar-refractivity contribution is -0.523. The van der Waals surface area contributed by atoms with Gasteiger partial charge in [-0.2, -0.15) is 0 Å². The summed E-state index contributed by atoms with van der Waals surface area (Å²) in [4.78, 5) is 12.7. The fraction of sp³-hybridized carbons (Fsp3) is 1.00. The summed E-state index contributed by atoms with van der Waals surface area (Å²) < 4.78 is 0. The van der Waals surface area contributed by atoms with Crippen LogP contribution in [-0.2, 0) is 0 Å². The van der Waals surface area contributed by atoms with Crippen molar-refractivity contribution in [3.05, 3.63) is 10.1 Å². The van der Waals surface area contributed by atoms with Gasteiger partial charge in [-0.05, 0) is 25.9 Å². The highest BCUT2D eigenvalue weighted by atomic mass is 16.6. The highest BCUT2D eigenvalue weighted by molar-refractivity contribution is 4.68. The predicted molar refractivity (Wildman–Crippen MR) is 51.4 cm³/mol. The molecule has 1 aliphatic heterocycles. The summed E-state index contributed by atoms with van der Waals surface area (Å²) in [7, 11) is 0. The van der Waals surface area contributed by atoms with Crippen LogP contribution in [0, 0.1) is 10.1 Å². The molecule has 0 N–H and O–H groups in total. The van der Waals surface area contributed by atoms with Crippen LogP contribution in [0.2, 0.25) is 0 Å². The Morgan fingerprint density at radius 3 is 2.46 bits per heavy atom. The normalized spacial score (nSPS) is 21.3. The summed E-state index contributed by atoms with van der Waals surface area (Å²) in [5.74, 6) is 0. The number of hydrogen-bond acceptors (Lipinski definition) is 3. The highest BCUT2D eigenvalue weighted by Gasteiger charge is 2.22. The molecule has 13 heavy (non-hydrogen) atoms. The smallest absolute Gasteiger partial charge is 0.225 e. The van der Waals surface area contributed by atoms with Crippen molar-refractivity contribution in [3.8, 4) is 0 Å². The summed E-state index contributed by atoms with van der Waals surface area (Å²) >= 11 is 0. The van der Waals surface area contributed by atoms with Gasteiger partial charge in [0.1, 0.15) is 0 Å². The molecule has 0 radical (unpaired) electrons. The van der Waals surface area contributed by atoms with Crippen LogP contribution in [0.15, 0.2) is 0 Å². The maximum absolute atomic E-state index is 10.6. The second kappa shape index (κ2) is 5.17. The first-order chi connectivity index (χ1) is 6.24. The Bertz CT molecular complexity index is 167. The third kappa shape index (κ3) is 3.30. The molecule has 0 aliphatic carbocycles. The van der Waals surface area contributed by atoms with Crippen molar-refractivity contribution < 1.29 is 4.92 Å². The molecule has 76 valence electrons. The molecule has 4 heteroatoms. The summed E-state index contributed by atoms with van der Waals surface area (Å²) in [5, 5.41) is 10.6. The van der Waals surface area contributed by atoms with E-state index in [-0.39, 0.29) is 11.0 Å². The number of rotatable bonds is 4. The van der Waals surface area contributed by atoms with Gasteiger partial charge in [0.25, 0.3) is 0 Å². The molecule has 1 saturated heterocycles. The Morgan fingerprint density at radius 2 is 2.00 bits per heavy atom. The summed E-state index contributed by atoms with van der Waals surface area (Å²) in [5.41, 5.74) is 0. The lowest BCUT2D eigenvalue weighted by Gasteiger charge is -2.26. The Hall–Kier alpha value is -0.640. The third-order valence-electron chi connectivity index (χ3n) is 2.69. The molecule has 4 nitrogen and oxygen atoms in total. The molecule has 1 unspecified atom stereocenters. The molecule has 0 bridgehead atoms. The maximum Gasteiger partial charge on any atom is 0.225 e. The van der Waals surface area contributed by atoms with Gasteiger partial charge in [0.15, 0.2) is 0 Å². The van der Waals surface area contributed by atoms with Gasteiger partial charge in [-0.3, -0.25) is 15.0 Å². The molecule has 1 heterocycles. The van der Waals surface area contributed by atoms with E-state index in [1.807, 2.05) is 6.92 Å². The second-order valence-electron chi connectivity index (χ2n) is 3.71. The number of piperidine rings is 1. The van der Waals surface area contributed by atoms with E-state index >= 15 is 0 Å². The van der Waals surface area contributed by atoms with Crippen LogP contribution in [0.25, 0.3) is 0 Å². The zero-order valence-electron chi connectivity index (χ0n) is 8.24. The standard InChI is InChI=1S/C9H18N2O2/c1-2-9(11(12)13)8-10-6-4-3-5-7-10/h9H,2-8H2,1H3. The van der Waals surface area contributed by atoms with E-state index in [2.05, 4.69) is 4.90 Å². The molecular weight excluding hydrogens is 168 g/mol. The van der Waals surface area contributed by atoms with Crippen molar-refractivity contribution in [1.82, 2.24) is 4.90 Å². The molecule has 0 saturated carbocycles. The zero-order valence-corrected chi connectivity index (χ0v) is 8.24. The number of likely N-dealkylation sites (tertiary alicyclic amines) is 1. The maximum atomic E-state index is 10.6. The van der Waals surface area contributed by atoms with Gasteiger partial charge in [0.05, 0.1) is 6.54 Å². The van der Waals surface area contributed by atoms with Gasteiger partial charge < -0.3 is 0 Å². The molecule has 0 amide bonds. The SMILES string of the molecule is CCC(CN1CCCCC1)[N+](=O)[O-]. The van der Waals surface area contributed by atoms with E-state index in [1.54, 1.807) is 0 Å². The largest absolute Gasteiger partial charge is 0.297 e. The second-order valence-corrected chi connectivity index (χ2v) is 3.71. The van der Waals surface area contributed by atoms with Gasteiger partial charge in [-0.1, -0.05) is 13.3 Å². The average Bonchev–Trinajstić information content (AvgIpc) is 2.15. The molecule has 1 aliphatic rings. The van der Waals surface area contributed by atoms with Crippen LogP contribution < -0.4 is 0 Å². The minimum atomic E-state index is -0.363. The number of nitro groups is 1. The van der Waals surface area contributed by atoms with Crippen LogP contribution in [0.1, 0.15) is 32.6 Å². The Morgan fingerprint density at radius 1 is 1.38 bits per heavy atom. The minimum Gasteiger partial charge on any atom is -0.297 e. The Kier molecular flexibility index (Phi) is 4.15. The summed E-state index contributed by atoms with van der Waals surface area (Å²) in [6.45, 7) is 4.62. The van der Waals surface area contributed by atoms with Crippen LogP contribution in [0.5, 0.6) is 0 Å². The van der Waals surface area contributed by atoms with Crippen LogP contribution in [0.3, 0.4) is 0 Å². The quantitative estimate of drug-likeness (QED) is 0.494. The van der Waals surface area contributed by atoms with Crippen molar-refractivity contribution >= 4 is 0 Å². The highest BCUT2D eigenvalue weighted by Crippen LogP contribution is 2.10. The Labute approximate surface area is 79.1 Å². The first-order valence-electron chi connectivity index (χ1n) is 5.10. The van der Waals surface area contributed by atoms with Gasteiger partial charge >= 0.3 is 0 Å². The van der Waals surface area contributed by atoms with Gasteiger partial charge in [0, 0.05) is 11.3 Å². The van der Waals surface area contributed by atoms with Crippen molar-refractivity contribution in [2.45, 2.75) is 38.6 Å². The molecule has 0 aromatic carbocycles. The molecule has 1 rings (SSSR count). The number of nitrogens with zero attached hydrogens (tertiary/aromatic N) is 2.